The number of anilines is 1. The van der Waals surface area contributed by atoms with Gasteiger partial charge in [0, 0.05) is 36.8 Å². The summed E-state index contributed by atoms with van der Waals surface area (Å²) in [6.45, 7) is 6.55. The number of sulfonamides is 1. The molecule has 1 fully saturated rings. The Morgan fingerprint density at radius 2 is 1.85 bits per heavy atom. The van der Waals surface area contributed by atoms with Gasteiger partial charge in [0.2, 0.25) is 0 Å². The number of aromatic hydroxyl groups is 2. The second kappa shape index (κ2) is 12.1. The van der Waals surface area contributed by atoms with Gasteiger partial charge in [-0.3, -0.25) is 9.62 Å². The second-order valence-electron chi connectivity index (χ2n) is 9.26. The largest absolute Gasteiger partial charge is 0.507 e. The second-order valence-corrected chi connectivity index (χ2v) is 12.8. The van der Waals surface area contributed by atoms with Crippen LogP contribution in [0.2, 0.25) is 4.34 Å². The van der Waals surface area contributed by atoms with Crippen molar-refractivity contribution in [1.82, 2.24) is 4.90 Å². The van der Waals surface area contributed by atoms with Gasteiger partial charge in [-0.05, 0) is 56.7 Å². The summed E-state index contributed by atoms with van der Waals surface area (Å²) in [7, 11) is -4.16. The van der Waals surface area contributed by atoms with E-state index >= 15 is 0 Å². The fourth-order valence-electron chi connectivity index (χ4n) is 4.36. The van der Waals surface area contributed by atoms with Crippen LogP contribution in [0.25, 0.3) is 11.1 Å². The number of halogens is 2. The highest BCUT2D eigenvalue weighted by Gasteiger charge is 2.24. The molecule has 0 spiro atoms. The normalized spacial score (nSPS) is 18.2. The third kappa shape index (κ3) is 7.20. The van der Waals surface area contributed by atoms with E-state index in [2.05, 4.69) is 9.62 Å². The van der Waals surface area contributed by atoms with E-state index in [1.54, 1.807) is 0 Å². The summed E-state index contributed by atoms with van der Waals surface area (Å²) in [5.74, 6) is -2.06. The summed E-state index contributed by atoms with van der Waals surface area (Å²) in [6, 6.07) is 8.15. The molecule has 0 saturated carbocycles. The van der Waals surface area contributed by atoms with Crippen molar-refractivity contribution in [1.29, 1.82) is 0 Å². The van der Waals surface area contributed by atoms with Gasteiger partial charge < -0.3 is 19.7 Å². The van der Waals surface area contributed by atoms with E-state index < -0.39 is 27.6 Å². The first-order valence-corrected chi connectivity index (χ1v) is 14.8. The number of nitrogens with zero attached hydrogens (tertiary/aromatic N) is 1. The standard InChI is InChI=1S/C26H28ClFN2O7S2/c1-15-13-30(14-16(2)37-15)8-3-9-36-26(33)19-6-5-18(11-23(19)32)29-39(34,35)24-12-21(25(27)38-24)20-10-17(28)4-7-22(20)31/h4-7,10-12,15-16,29,31-32H,3,8-9,13-14H2,1-2H3. The molecule has 1 aliphatic heterocycles. The molecule has 2 unspecified atom stereocenters. The Bertz CT molecular complexity index is 1450. The first kappa shape index (κ1) is 29.1. The zero-order valence-corrected chi connectivity index (χ0v) is 23.6. The van der Waals surface area contributed by atoms with E-state index in [0.29, 0.717) is 6.42 Å². The molecule has 2 aromatic carbocycles. The Balaban J connectivity index is 1.37. The SMILES string of the molecule is CC1CN(CCCOC(=O)c2ccc(NS(=O)(=O)c3cc(-c4cc(F)ccc4O)c(Cl)s3)cc2O)CC(C)O1. The van der Waals surface area contributed by atoms with Gasteiger partial charge in [-0.2, -0.15) is 0 Å². The molecule has 210 valence electrons. The number of benzene rings is 2. The number of nitrogens with one attached hydrogen (secondary N) is 1. The number of hydrogen-bond acceptors (Lipinski definition) is 9. The van der Waals surface area contributed by atoms with Gasteiger partial charge in [-0.1, -0.05) is 11.6 Å². The van der Waals surface area contributed by atoms with Crippen LogP contribution in [0.4, 0.5) is 10.1 Å². The summed E-state index contributed by atoms with van der Waals surface area (Å²) >= 11 is 6.91. The first-order chi connectivity index (χ1) is 18.4. The summed E-state index contributed by atoms with van der Waals surface area (Å²) in [6.07, 6.45) is 0.900. The summed E-state index contributed by atoms with van der Waals surface area (Å²) in [5, 5.41) is 20.4. The molecule has 2 heterocycles. The zero-order chi connectivity index (χ0) is 28.3. The van der Waals surface area contributed by atoms with E-state index in [9.17, 15) is 27.8 Å². The topological polar surface area (TPSA) is 125 Å². The molecule has 0 amide bonds. The van der Waals surface area contributed by atoms with E-state index in [0.717, 1.165) is 55.2 Å². The van der Waals surface area contributed by atoms with Crippen LogP contribution in [0.3, 0.4) is 0 Å². The van der Waals surface area contributed by atoms with Crippen molar-refractivity contribution < 1.29 is 37.3 Å². The molecule has 3 aromatic rings. The molecule has 1 saturated heterocycles. The Labute approximate surface area is 234 Å². The van der Waals surface area contributed by atoms with Crippen molar-refractivity contribution in [2.24, 2.45) is 0 Å². The average molecular weight is 599 g/mol. The number of thiophene rings is 1. The van der Waals surface area contributed by atoms with Crippen molar-refractivity contribution >= 4 is 44.6 Å². The maximum Gasteiger partial charge on any atom is 0.341 e. The number of phenols is 2. The molecule has 0 aliphatic carbocycles. The predicted molar refractivity (Wildman–Crippen MR) is 147 cm³/mol. The number of carbonyl (C=O) groups excluding carboxylic acids is 1. The van der Waals surface area contributed by atoms with Crippen molar-refractivity contribution in [3.8, 4) is 22.6 Å². The van der Waals surface area contributed by atoms with Crippen molar-refractivity contribution in [2.45, 2.75) is 36.7 Å². The lowest BCUT2D eigenvalue weighted by atomic mass is 10.1. The quantitative estimate of drug-likeness (QED) is 0.230. The van der Waals surface area contributed by atoms with E-state index in [4.69, 9.17) is 21.1 Å². The molecule has 3 N–H and O–H groups in total. The lowest BCUT2D eigenvalue weighted by Gasteiger charge is -2.35. The van der Waals surface area contributed by atoms with Gasteiger partial charge in [0.05, 0.1) is 24.5 Å². The molecule has 9 nitrogen and oxygen atoms in total. The number of esters is 1. The van der Waals surface area contributed by atoms with E-state index in [1.807, 2.05) is 13.8 Å². The monoisotopic (exact) mass is 598 g/mol. The molecule has 2 atom stereocenters. The number of ether oxygens (including phenoxy) is 2. The van der Waals surface area contributed by atoms with Crippen LogP contribution in [0.15, 0.2) is 46.7 Å². The van der Waals surface area contributed by atoms with Gasteiger partial charge in [-0.15, -0.1) is 11.3 Å². The zero-order valence-electron chi connectivity index (χ0n) is 21.2. The minimum atomic E-state index is -4.16. The van der Waals surface area contributed by atoms with Crippen LogP contribution < -0.4 is 4.72 Å². The van der Waals surface area contributed by atoms with Crippen LogP contribution in [0.5, 0.6) is 11.5 Å². The van der Waals surface area contributed by atoms with Crippen molar-refractivity contribution in [3.63, 3.8) is 0 Å². The molecule has 39 heavy (non-hydrogen) atoms. The lowest BCUT2D eigenvalue weighted by Crippen LogP contribution is -2.45. The van der Waals surface area contributed by atoms with Gasteiger partial charge in [-0.25, -0.2) is 17.6 Å². The molecule has 0 bridgehead atoms. The molecule has 13 heteroatoms. The minimum absolute atomic E-state index is 0.000665. The van der Waals surface area contributed by atoms with Crippen LogP contribution in [-0.4, -0.2) is 67.9 Å². The fraction of sp³-hybridized carbons (Fsp3) is 0.346. The molecule has 1 aromatic heterocycles. The molecule has 0 radical (unpaired) electrons. The average Bonchev–Trinajstić information content (AvgIpc) is 3.25. The Kier molecular flexibility index (Phi) is 9.02. The number of phenolic OH excluding ortho intramolecular Hbond substituents is 2. The highest BCUT2D eigenvalue weighted by atomic mass is 35.5. The molecule has 4 rings (SSSR count). The summed E-state index contributed by atoms with van der Waals surface area (Å²) in [5.41, 5.74) is 0.0961. The van der Waals surface area contributed by atoms with Gasteiger partial charge in [0.1, 0.15) is 31.4 Å². The van der Waals surface area contributed by atoms with E-state index in [1.165, 1.54) is 18.2 Å². The molecule has 1 aliphatic rings. The van der Waals surface area contributed by atoms with Crippen molar-refractivity contribution in [3.05, 3.63) is 58.2 Å². The Morgan fingerprint density at radius 1 is 1.13 bits per heavy atom. The van der Waals surface area contributed by atoms with Gasteiger partial charge in [0.15, 0.2) is 0 Å². The highest BCUT2D eigenvalue weighted by molar-refractivity contribution is 7.94. The van der Waals surface area contributed by atoms with Crippen LogP contribution in [0.1, 0.15) is 30.6 Å². The van der Waals surface area contributed by atoms with Crippen molar-refractivity contribution in [2.75, 3.05) is 31.0 Å². The fourth-order valence-corrected chi connectivity index (χ4v) is 7.16. The molecular weight excluding hydrogens is 571 g/mol. The maximum absolute atomic E-state index is 13.7. The third-order valence-electron chi connectivity index (χ3n) is 5.99. The van der Waals surface area contributed by atoms with Gasteiger partial charge in [0.25, 0.3) is 10.0 Å². The molecular formula is C26H28ClFN2O7S2. The Hall–Kier alpha value is -2.90. The summed E-state index contributed by atoms with van der Waals surface area (Å²) < 4.78 is 52.7. The third-order valence-corrected chi connectivity index (χ3v) is 9.21. The van der Waals surface area contributed by atoms with E-state index in [-0.39, 0.29) is 55.5 Å². The summed E-state index contributed by atoms with van der Waals surface area (Å²) in [4.78, 5) is 14.7. The van der Waals surface area contributed by atoms with Crippen LogP contribution in [-0.2, 0) is 19.5 Å². The number of hydrogen-bond donors (Lipinski definition) is 3. The maximum atomic E-state index is 13.7. The van der Waals surface area contributed by atoms with Gasteiger partial charge >= 0.3 is 5.97 Å². The van der Waals surface area contributed by atoms with Crippen LogP contribution in [0, 0.1) is 5.82 Å². The Morgan fingerprint density at radius 3 is 2.54 bits per heavy atom. The number of morpholine rings is 1. The highest BCUT2D eigenvalue weighted by Crippen LogP contribution is 2.42. The van der Waals surface area contributed by atoms with Crippen LogP contribution >= 0.6 is 22.9 Å². The lowest BCUT2D eigenvalue weighted by molar-refractivity contribution is -0.0689. The first-order valence-electron chi connectivity index (χ1n) is 12.1. The number of rotatable bonds is 9. The predicted octanol–water partition coefficient (Wildman–Crippen LogP) is 5.08. The minimum Gasteiger partial charge on any atom is -0.507 e. The smallest absolute Gasteiger partial charge is 0.341 e. The number of carbonyl (C=O) groups is 1.